The van der Waals surface area contributed by atoms with E-state index in [1.807, 2.05) is 12.1 Å². The van der Waals surface area contributed by atoms with E-state index in [0.29, 0.717) is 28.4 Å². The third kappa shape index (κ3) is 5.92. The van der Waals surface area contributed by atoms with Gasteiger partial charge in [0.2, 0.25) is 0 Å². The van der Waals surface area contributed by atoms with Crippen LogP contribution in [0, 0.1) is 0 Å². The molecule has 0 fully saturated rings. The number of ether oxygens (including phenoxy) is 3. The van der Waals surface area contributed by atoms with Crippen LogP contribution in [0.15, 0.2) is 71.6 Å². The van der Waals surface area contributed by atoms with Crippen molar-refractivity contribution in [2.45, 2.75) is 11.3 Å². The van der Waals surface area contributed by atoms with Crippen molar-refractivity contribution in [1.82, 2.24) is 0 Å². The molecule has 0 aliphatic carbocycles. The van der Waals surface area contributed by atoms with Crippen molar-refractivity contribution in [2.24, 2.45) is 0 Å². The summed E-state index contributed by atoms with van der Waals surface area (Å²) in [6.07, 6.45) is 3.05. The Labute approximate surface area is 225 Å². The lowest BCUT2D eigenvalue weighted by Gasteiger charge is -2.22. The van der Waals surface area contributed by atoms with Gasteiger partial charge in [-0.2, -0.15) is 0 Å². The molecule has 0 spiro atoms. The molecule has 38 heavy (non-hydrogen) atoms. The monoisotopic (exact) mass is 556 g/mol. The number of sulfonamides is 1. The minimum atomic E-state index is -4.03. The Bertz CT molecular complexity index is 1510. The van der Waals surface area contributed by atoms with Gasteiger partial charge in [0.15, 0.2) is 18.1 Å². The first-order valence-electron chi connectivity index (χ1n) is 11.5. The second kappa shape index (κ2) is 11.6. The first-order valence-corrected chi connectivity index (χ1v) is 13.3. The number of halogens is 1. The number of para-hydroxylation sites is 1. The molecule has 0 atom stereocenters. The van der Waals surface area contributed by atoms with Crippen molar-refractivity contribution in [3.8, 4) is 11.5 Å². The van der Waals surface area contributed by atoms with Gasteiger partial charge in [-0.25, -0.2) is 13.2 Å². The number of methoxy groups -OCH3 is 2. The zero-order valence-corrected chi connectivity index (χ0v) is 22.2. The van der Waals surface area contributed by atoms with E-state index in [1.54, 1.807) is 36.4 Å². The highest BCUT2D eigenvalue weighted by molar-refractivity contribution is 7.93. The zero-order valence-electron chi connectivity index (χ0n) is 20.6. The lowest BCUT2D eigenvalue weighted by molar-refractivity contribution is -0.142. The number of nitrogens with one attached hydrogen (secondary N) is 1. The molecular weight excluding hydrogens is 532 g/mol. The molecule has 1 aliphatic heterocycles. The molecule has 1 N–H and O–H groups in total. The number of carbonyl (C=O) groups is 2. The summed E-state index contributed by atoms with van der Waals surface area (Å²) >= 11 is 5.89. The van der Waals surface area contributed by atoms with E-state index in [2.05, 4.69) is 5.32 Å². The van der Waals surface area contributed by atoms with E-state index in [0.717, 1.165) is 11.6 Å². The highest BCUT2D eigenvalue weighted by Crippen LogP contribution is 2.40. The summed E-state index contributed by atoms with van der Waals surface area (Å²) in [5, 5.41) is 3.02. The molecule has 1 amide bonds. The van der Waals surface area contributed by atoms with Crippen LogP contribution in [0.2, 0.25) is 5.02 Å². The second-order valence-electron chi connectivity index (χ2n) is 8.21. The van der Waals surface area contributed by atoms with Crippen LogP contribution < -0.4 is 19.1 Å². The Kier molecular flexibility index (Phi) is 8.23. The van der Waals surface area contributed by atoms with Gasteiger partial charge in [0.05, 0.1) is 19.9 Å². The van der Waals surface area contributed by atoms with Crippen molar-refractivity contribution in [3.05, 3.63) is 82.9 Å². The molecule has 0 saturated heterocycles. The minimum Gasteiger partial charge on any atom is -0.493 e. The Morgan fingerprint density at radius 1 is 1.05 bits per heavy atom. The maximum absolute atomic E-state index is 13.7. The molecule has 0 radical (unpaired) electrons. The van der Waals surface area contributed by atoms with Crippen LogP contribution >= 0.6 is 11.6 Å². The molecule has 9 nitrogen and oxygen atoms in total. The van der Waals surface area contributed by atoms with Crippen LogP contribution in [-0.2, 0) is 30.8 Å². The van der Waals surface area contributed by atoms with E-state index < -0.39 is 28.5 Å². The zero-order chi connectivity index (χ0) is 27.3. The Balaban J connectivity index is 1.52. The third-order valence-electron chi connectivity index (χ3n) is 5.75. The third-order valence-corrected chi connectivity index (χ3v) is 7.80. The van der Waals surface area contributed by atoms with Gasteiger partial charge in [-0.1, -0.05) is 35.9 Å². The fourth-order valence-corrected chi connectivity index (χ4v) is 5.93. The molecule has 3 aromatic rings. The maximum atomic E-state index is 13.7. The highest BCUT2D eigenvalue weighted by atomic mass is 35.5. The van der Waals surface area contributed by atoms with Gasteiger partial charge < -0.3 is 19.5 Å². The van der Waals surface area contributed by atoms with Gasteiger partial charge in [0.1, 0.15) is 4.90 Å². The SMILES string of the molecule is COc1cc(C=CC(=O)OCC(=O)Nc2cccc(Cl)c2)cc(S(=O)(=O)N2CCc3ccccc32)c1OC. The number of nitrogens with zero attached hydrogens (tertiary/aromatic N) is 1. The van der Waals surface area contributed by atoms with Crippen molar-refractivity contribution >= 4 is 51.0 Å². The molecule has 198 valence electrons. The van der Waals surface area contributed by atoms with Gasteiger partial charge in [0.25, 0.3) is 15.9 Å². The molecular formula is C27H25ClN2O7S. The number of hydrogen-bond acceptors (Lipinski definition) is 7. The smallest absolute Gasteiger partial charge is 0.331 e. The number of anilines is 2. The van der Waals surface area contributed by atoms with Gasteiger partial charge in [0, 0.05) is 23.3 Å². The number of rotatable bonds is 9. The van der Waals surface area contributed by atoms with E-state index in [1.165, 1.54) is 36.7 Å². The minimum absolute atomic E-state index is 0.0503. The highest BCUT2D eigenvalue weighted by Gasteiger charge is 2.34. The van der Waals surface area contributed by atoms with Crippen molar-refractivity contribution < 1.29 is 32.2 Å². The van der Waals surface area contributed by atoms with E-state index >= 15 is 0 Å². The van der Waals surface area contributed by atoms with Crippen molar-refractivity contribution in [1.29, 1.82) is 0 Å². The average molecular weight is 557 g/mol. The van der Waals surface area contributed by atoms with Crippen molar-refractivity contribution in [2.75, 3.05) is 37.0 Å². The van der Waals surface area contributed by atoms with Crippen LogP contribution in [0.1, 0.15) is 11.1 Å². The molecule has 0 unspecified atom stereocenters. The molecule has 0 aromatic heterocycles. The number of carbonyl (C=O) groups excluding carboxylic acids is 2. The number of hydrogen-bond donors (Lipinski definition) is 1. The van der Waals surface area contributed by atoms with Crippen LogP contribution in [0.5, 0.6) is 11.5 Å². The average Bonchev–Trinajstić information content (AvgIpc) is 3.35. The molecule has 1 aliphatic rings. The number of esters is 1. The van der Waals surface area contributed by atoms with Crippen LogP contribution in [-0.4, -0.2) is 47.7 Å². The normalized spacial score (nSPS) is 12.8. The lowest BCUT2D eigenvalue weighted by Crippen LogP contribution is -2.29. The summed E-state index contributed by atoms with van der Waals surface area (Å²) in [5.74, 6) is -1.11. The Hall–Kier alpha value is -4.02. The van der Waals surface area contributed by atoms with Crippen LogP contribution in [0.3, 0.4) is 0 Å². The Morgan fingerprint density at radius 3 is 2.58 bits per heavy atom. The largest absolute Gasteiger partial charge is 0.493 e. The van der Waals surface area contributed by atoms with Crippen molar-refractivity contribution in [3.63, 3.8) is 0 Å². The summed E-state index contributed by atoms with van der Waals surface area (Å²) in [7, 11) is -1.28. The number of amides is 1. The molecule has 3 aromatic carbocycles. The van der Waals surface area contributed by atoms with Gasteiger partial charge >= 0.3 is 5.97 Å². The summed E-state index contributed by atoms with van der Waals surface area (Å²) in [4.78, 5) is 24.2. The lowest BCUT2D eigenvalue weighted by atomic mass is 10.2. The molecule has 0 saturated carbocycles. The molecule has 0 bridgehead atoms. The fraction of sp³-hybridized carbons (Fsp3) is 0.185. The summed E-state index contributed by atoms with van der Waals surface area (Å²) in [6.45, 7) is -0.230. The predicted octanol–water partition coefficient (Wildman–Crippen LogP) is 4.30. The summed E-state index contributed by atoms with van der Waals surface area (Å²) in [5.41, 5.74) is 2.36. The summed E-state index contributed by atoms with van der Waals surface area (Å²) < 4.78 is 44.5. The van der Waals surface area contributed by atoms with Gasteiger partial charge in [-0.15, -0.1) is 0 Å². The molecule has 11 heteroatoms. The standard InChI is InChI=1S/C27H25ClN2O7S/c1-35-23-14-18(10-11-26(32)37-17-25(31)29-21-8-5-7-20(28)16-21)15-24(27(23)36-2)38(33,34)30-13-12-19-6-3-4-9-22(19)30/h3-11,14-16H,12-13,17H2,1-2H3,(H,29,31). The van der Waals surface area contributed by atoms with E-state index in [4.69, 9.17) is 25.8 Å². The second-order valence-corrected chi connectivity index (χ2v) is 10.5. The molecule has 4 rings (SSSR count). The van der Waals surface area contributed by atoms with Gasteiger partial charge in [-0.3, -0.25) is 9.10 Å². The van der Waals surface area contributed by atoms with E-state index in [9.17, 15) is 18.0 Å². The van der Waals surface area contributed by atoms with Crippen LogP contribution in [0.25, 0.3) is 6.08 Å². The Morgan fingerprint density at radius 2 is 1.84 bits per heavy atom. The predicted molar refractivity (Wildman–Crippen MR) is 144 cm³/mol. The van der Waals surface area contributed by atoms with E-state index in [-0.39, 0.29) is 22.9 Å². The quantitative estimate of drug-likeness (QED) is 0.309. The van der Waals surface area contributed by atoms with Crippen LogP contribution in [0.4, 0.5) is 11.4 Å². The first-order chi connectivity index (χ1) is 18.2. The molecule has 1 heterocycles. The number of fused-ring (bicyclic) bond motifs is 1. The summed E-state index contributed by atoms with van der Waals surface area (Å²) in [6, 6.07) is 16.8. The fourth-order valence-electron chi connectivity index (χ4n) is 4.03. The number of benzene rings is 3. The first kappa shape index (κ1) is 27.0. The van der Waals surface area contributed by atoms with Gasteiger partial charge in [-0.05, 0) is 60.0 Å². The topological polar surface area (TPSA) is 111 Å². The maximum Gasteiger partial charge on any atom is 0.331 e.